The van der Waals surface area contributed by atoms with Crippen LogP contribution in [0.3, 0.4) is 0 Å². The number of rotatable bonds is 4. The van der Waals surface area contributed by atoms with Crippen LogP contribution in [0, 0.1) is 0 Å². The first-order valence-electron chi connectivity index (χ1n) is 6.99. The molecule has 3 nitrogen and oxygen atoms in total. The molecule has 1 atom stereocenters. The van der Waals surface area contributed by atoms with Gasteiger partial charge in [0.2, 0.25) is 0 Å². The first-order valence-corrected chi connectivity index (χ1v) is 10.1. The maximum Gasteiger partial charge on any atom is 0.513 e. The van der Waals surface area contributed by atoms with Crippen molar-refractivity contribution in [2.24, 2.45) is 0 Å². The number of para-hydroxylation sites is 1. The van der Waals surface area contributed by atoms with E-state index in [1.165, 1.54) is 5.19 Å². The number of ether oxygens (including phenoxy) is 2. The Kier molecular flexibility index (Phi) is 4.80. The molecule has 2 aromatic carbocycles. The Labute approximate surface area is 126 Å². The van der Waals surface area contributed by atoms with Gasteiger partial charge in [0.05, 0.1) is 5.73 Å². The lowest BCUT2D eigenvalue weighted by Gasteiger charge is -2.29. The molecule has 0 radical (unpaired) electrons. The Morgan fingerprint density at radius 2 is 1.48 bits per heavy atom. The fourth-order valence-electron chi connectivity index (χ4n) is 2.00. The molecule has 2 aromatic rings. The first kappa shape index (κ1) is 15.3. The Hall–Kier alpha value is -2.07. The third-order valence-corrected chi connectivity index (χ3v) is 7.72. The third-order valence-electron chi connectivity index (χ3n) is 3.75. The fraction of sp³-hybridized carbons (Fsp3) is 0.235. The van der Waals surface area contributed by atoms with Crippen molar-refractivity contribution in [3.05, 3.63) is 60.7 Å². The van der Waals surface area contributed by atoms with Crippen molar-refractivity contribution in [3.63, 3.8) is 0 Å². The molecule has 0 amide bonds. The van der Waals surface area contributed by atoms with Gasteiger partial charge >= 0.3 is 6.16 Å². The summed E-state index contributed by atoms with van der Waals surface area (Å²) in [6.45, 7) is 6.30. The van der Waals surface area contributed by atoms with Crippen LogP contribution in [-0.2, 0) is 4.74 Å². The smallest absolute Gasteiger partial charge is 0.434 e. The molecule has 0 fully saturated rings. The minimum atomic E-state index is -1.89. The molecule has 4 heteroatoms. The summed E-state index contributed by atoms with van der Waals surface area (Å²) in [5, 5.41) is 1.25. The highest BCUT2D eigenvalue weighted by Gasteiger charge is 2.34. The minimum absolute atomic E-state index is 0.170. The summed E-state index contributed by atoms with van der Waals surface area (Å²) in [5.74, 6) is 0.494. The summed E-state index contributed by atoms with van der Waals surface area (Å²) < 4.78 is 10.7. The summed E-state index contributed by atoms with van der Waals surface area (Å²) >= 11 is 0. The van der Waals surface area contributed by atoms with Gasteiger partial charge in [0.25, 0.3) is 0 Å². The molecule has 110 valence electrons. The van der Waals surface area contributed by atoms with E-state index in [1.807, 2.05) is 43.3 Å². The zero-order valence-corrected chi connectivity index (χ0v) is 13.6. The monoisotopic (exact) mass is 300 g/mol. The largest absolute Gasteiger partial charge is 0.513 e. The topological polar surface area (TPSA) is 35.5 Å². The highest BCUT2D eigenvalue weighted by molar-refractivity contribution is 6.90. The number of hydrogen-bond acceptors (Lipinski definition) is 3. The number of benzene rings is 2. The van der Waals surface area contributed by atoms with E-state index in [4.69, 9.17) is 9.47 Å². The Balaban J connectivity index is 2.00. The minimum Gasteiger partial charge on any atom is -0.434 e. The highest BCUT2D eigenvalue weighted by atomic mass is 28.3. The van der Waals surface area contributed by atoms with Crippen molar-refractivity contribution in [1.29, 1.82) is 0 Å². The van der Waals surface area contributed by atoms with Crippen LogP contribution in [0.15, 0.2) is 60.7 Å². The number of hydrogen-bond donors (Lipinski definition) is 0. The van der Waals surface area contributed by atoms with Gasteiger partial charge in [-0.15, -0.1) is 0 Å². The lowest BCUT2D eigenvalue weighted by molar-refractivity contribution is 0.0892. The van der Waals surface area contributed by atoms with Crippen LogP contribution in [0.25, 0.3) is 0 Å². The van der Waals surface area contributed by atoms with Crippen LogP contribution >= 0.6 is 0 Å². The SMILES string of the molecule is C[C@H](OC(=O)Oc1ccccc1)[Si](C)(C)c1ccccc1. The molecule has 0 aliphatic heterocycles. The van der Waals surface area contributed by atoms with Gasteiger partial charge in [-0.2, -0.15) is 0 Å². The van der Waals surface area contributed by atoms with E-state index in [-0.39, 0.29) is 5.73 Å². The fourth-order valence-corrected chi connectivity index (χ4v) is 3.91. The molecule has 0 N–H and O–H groups in total. The van der Waals surface area contributed by atoms with Crippen molar-refractivity contribution in [3.8, 4) is 5.75 Å². The molecule has 0 aliphatic rings. The molecule has 0 bridgehead atoms. The van der Waals surface area contributed by atoms with E-state index in [0.29, 0.717) is 5.75 Å². The van der Waals surface area contributed by atoms with Gasteiger partial charge in [0.1, 0.15) is 13.8 Å². The summed E-state index contributed by atoms with van der Waals surface area (Å²) in [6.07, 6.45) is -0.648. The van der Waals surface area contributed by atoms with E-state index >= 15 is 0 Å². The average molecular weight is 300 g/mol. The molecule has 0 aliphatic carbocycles. The molecule has 21 heavy (non-hydrogen) atoms. The Morgan fingerprint density at radius 3 is 2.05 bits per heavy atom. The summed E-state index contributed by atoms with van der Waals surface area (Å²) in [7, 11) is -1.89. The number of carbonyl (C=O) groups excluding carboxylic acids is 1. The molecule has 0 spiro atoms. The van der Waals surface area contributed by atoms with Crippen LogP contribution in [0.2, 0.25) is 13.1 Å². The second kappa shape index (κ2) is 6.59. The molecular formula is C17H20O3Si. The molecule has 2 rings (SSSR count). The normalized spacial score (nSPS) is 12.5. The number of carbonyl (C=O) groups is 1. The highest BCUT2D eigenvalue weighted by Crippen LogP contribution is 2.15. The van der Waals surface area contributed by atoms with Gasteiger partial charge in [-0.05, 0) is 19.1 Å². The van der Waals surface area contributed by atoms with Gasteiger partial charge in [-0.1, -0.05) is 66.8 Å². The predicted molar refractivity (Wildman–Crippen MR) is 86.6 cm³/mol. The van der Waals surface area contributed by atoms with Crippen LogP contribution in [0.1, 0.15) is 6.92 Å². The summed E-state index contributed by atoms with van der Waals surface area (Å²) in [5.41, 5.74) is -0.170. The van der Waals surface area contributed by atoms with E-state index in [1.54, 1.807) is 12.1 Å². The van der Waals surface area contributed by atoms with Gasteiger partial charge in [-0.25, -0.2) is 4.79 Å². The van der Waals surface area contributed by atoms with Gasteiger partial charge in [0, 0.05) is 0 Å². The second-order valence-corrected chi connectivity index (χ2v) is 10.3. The van der Waals surface area contributed by atoms with Crippen LogP contribution in [0.5, 0.6) is 5.75 Å². The van der Waals surface area contributed by atoms with E-state index in [2.05, 4.69) is 25.2 Å². The Morgan fingerprint density at radius 1 is 0.952 bits per heavy atom. The maximum atomic E-state index is 11.9. The molecule has 0 heterocycles. The average Bonchev–Trinajstić information content (AvgIpc) is 2.49. The van der Waals surface area contributed by atoms with E-state index in [0.717, 1.165) is 0 Å². The van der Waals surface area contributed by atoms with Crippen molar-refractivity contribution in [2.45, 2.75) is 25.7 Å². The Bertz CT molecular complexity index is 581. The zero-order chi connectivity index (χ0) is 15.3. The molecular weight excluding hydrogens is 280 g/mol. The molecule has 0 saturated carbocycles. The predicted octanol–water partition coefficient (Wildman–Crippen LogP) is 3.75. The van der Waals surface area contributed by atoms with E-state index in [9.17, 15) is 4.79 Å². The quantitative estimate of drug-likeness (QED) is 0.490. The van der Waals surface area contributed by atoms with Gasteiger partial charge in [0.15, 0.2) is 0 Å². The second-order valence-electron chi connectivity index (χ2n) is 5.51. The summed E-state index contributed by atoms with van der Waals surface area (Å²) in [6, 6.07) is 19.2. The van der Waals surface area contributed by atoms with Crippen molar-refractivity contribution in [1.82, 2.24) is 0 Å². The lowest BCUT2D eigenvalue weighted by atomic mass is 10.3. The van der Waals surface area contributed by atoms with Gasteiger partial charge in [-0.3, -0.25) is 0 Å². The van der Waals surface area contributed by atoms with Crippen molar-refractivity contribution < 1.29 is 14.3 Å². The van der Waals surface area contributed by atoms with Crippen LogP contribution < -0.4 is 9.92 Å². The first-order chi connectivity index (χ1) is 10.00. The zero-order valence-electron chi connectivity index (χ0n) is 12.6. The summed E-state index contributed by atoms with van der Waals surface area (Å²) in [4.78, 5) is 11.9. The van der Waals surface area contributed by atoms with Crippen molar-refractivity contribution in [2.75, 3.05) is 0 Å². The van der Waals surface area contributed by atoms with E-state index < -0.39 is 14.2 Å². The maximum absolute atomic E-state index is 11.9. The standard InChI is InChI=1S/C17H20O3Si/c1-14(21(2,3)16-12-8-5-9-13-16)19-17(18)20-15-10-6-4-7-11-15/h4-14H,1-3H3/t14-/m1/s1. The van der Waals surface area contributed by atoms with Crippen molar-refractivity contribution >= 4 is 19.4 Å². The molecule has 0 saturated heterocycles. The lowest BCUT2D eigenvalue weighted by Crippen LogP contribution is -2.53. The molecule has 0 aromatic heterocycles. The van der Waals surface area contributed by atoms with Crippen LogP contribution in [0.4, 0.5) is 4.79 Å². The van der Waals surface area contributed by atoms with Crippen LogP contribution in [-0.4, -0.2) is 20.0 Å². The van der Waals surface area contributed by atoms with Gasteiger partial charge < -0.3 is 9.47 Å². The third kappa shape index (κ3) is 3.95. The molecule has 0 unspecified atom stereocenters.